The molecule has 2 N–H and O–H groups in total. The molecule has 2 amide bonds. The van der Waals surface area contributed by atoms with E-state index in [4.69, 9.17) is 16.3 Å². The van der Waals surface area contributed by atoms with Crippen molar-refractivity contribution in [1.82, 2.24) is 14.6 Å². The third-order valence-corrected chi connectivity index (χ3v) is 8.48. The Morgan fingerprint density at radius 2 is 1.53 bits per heavy atom. The molecule has 4 aromatic rings. The van der Waals surface area contributed by atoms with E-state index in [1.54, 1.807) is 63.2 Å². The average Bonchev–Trinajstić information content (AvgIpc) is 3.00. The lowest BCUT2D eigenvalue weighted by Crippen LogP contribution is -2.45. The van der Waals surface area contributed by atoms with Crippen LogP contribution in [0.1, 0.15) is 55.3 Å². The fourth-order valence-corrected chi connectivity index (χ4v) is 5.66. The first-order valence-corrected chi connectivity index (χ1v) is 16.2. The fourth-order valence-electron chi connectivity index (χ4n) is 4.57. The number of carbonyl (C=O) groups excluding carboxylic acids is 2. The van der Waals surface area contributed by atoms with E-state index in [0.717, 1.165) is 16.7 Å². The number of carbonyl (C=O) groups is 2. The Hall–Kier alpha value is -4.25. The van der Waals surface area contributed by atoms with Gasteiger partial charge in [-0.05, 0) is 81.1 Å². The van der Waals surface area contributed by atoms with E-state index in [9.17, 15) is 23.1 Å². The van der Waals surface area contributed by atoms with Crippen molar-refractivity contribution in [2.24, 2.45) is 0 Å². The van der Waals surface area contributed by atoms with Gasteiger partial charge in [-0.1, -0.05) is 72.3 Å². The number of benzene rings is 3. The SMILES string of the molecule is CC(Cc1ccc(-c2ccc(S(=O)(=O)NC(=O)c3ccccc3)cc2)cc1)N(CC(O)c1ccc(Cl)nc1)C(=O)OC(C)(C)C. The van der Waals surface area contributed by atoms with Crippen molar-refractivity contribution in [2.45, 2.75) is 56.8 Å². The first kappa shape index (κ1) is 33.6. The Bertz CT molecular complexity index is 1710. The quantitative estimate of drug-likeness (QED) is 0.190. The van der Waals surface area contributed by atoms with Gasteiger partial charge in [-0.25, -0.2) is 22.9 Å². The number of hydrogen-bond acceptors (Lipinski definition) is 7. The Labute approximate surface area is 268 Å². The highest BCUT2D eigenvalue weighted by atomic mass is 35.5. The topological polar surface area (TPSA) is 126 Å². The average molecular weight is 650 g/mol. The zero-order chi connectivity index (χ0) is 32.8. The van der Waals surface area contributed by atoms with Crippen LogP contribution in [0.5, 0.6) is 0 Å². The molecule has 0 saturated heterocycles. The van der Waals surface area contributed by atoms with Crippen LogP contribution in [0.3, 0.4) is 0 Å². The van der Waals surface area contributed by atoms with Crippen molar-refractivity contribution in [3.05, 3.63) is 119 Å². The van der Waals surface area contributed by atoms with E-state index in [2.05, 4.69) is 9.71 Å². The molecular weight excluding hydrogens is 614 g/mol. The van der Waals surface area contributed by atoms with E-state index < -0.39 is 33.7 Å². The minimum absolute atomic E-state index is 0.00145. The first-order valence-electron chi connectivity index (χ1n) is 14.3. The molecule has 0 radical (unpaired) electrons. The number of hydrogen-bond donors (Lipinski definition) is 2. The monoisotopic (exact) mass is 649 g/mol. The number of amides is 2. The maximum absolute atomic E-state index is 13.2. The van der Waals surface area contributed by atoms with Crippen LogP contribution in [-0.2, 0) is 21.2 Å². The maximum atomic E-state index is 13.2. The number of nitrogens with zero attached hydrogens (tertiary/aromatic N) is 2. The number of aliphatic hydroxyl groups is 1. The van der Waals surface area contributed by atoms with Gasteiger partial charge in [0.25, 0.3) is 15.9 Å². The Kier molecular flexibility index (Phi) is 10.6. The second kappa shape index (κ2) is 14.2. The summed E-state index contributed by atoms with van der Waals surface area (Å²) in [5.41, 5.74) is 2.66. The zero-order valence-electron chi connectivity index (χ0n) is 25.5. The van der Waals surface area contributed by atoms with Gasteiger partial charge in [0.2, 0.25) is 0 Å². The summed E-state index contributed by atoms with van der Waals surface area (Å²) in [5, 5.41) is 11.2. The van der Waals surface area contributed by atoms with E-state index in [1.165, 1.54) is 35.4 Å². The van der Waals surface area contributed by atoms with Crippen molar-refractivity contribution in [2.75, 3.05) is 6.54 Å². The van der Waals surface area contributed by atoms with E-state index in [-0.39, 0.29) is 23.0 Å². The molecule has 0 bridgehead atoms. The second-order valence-electron chi connectivity index (χ2n) is 11.6. The van der Waals surface area contributed by atoms with Gasteiger partial charge in [-0.3, -0.25) is 4.79 Å². The summed E-state index contributed by atoms with van der Waals surface area (Å²) in [4.78, 5) is 31.0. The summed E-state index contributed by atoms with van der Waals surface area (Å²) in [6.07, 6.45) is 0.434. The Morgan fingerprint density at radius 3 is 2.09 bits per heavy atom. The fraction of sp³-hybridized carbons (Fsp3) is 0.265. The smallest absolute Gasteiger partial charge is 0.410 e. The van der Waals surface area contributed by atoms with Gasteiger partial charge in [0.05, 0.1) is 17.5 Å². The van der Waals surface area contributed by atoms with Crippen molar-refractivity contribution in [3.8, 4) is 11.1 Å². The van der Waals surface area contributed by atoms with Crippen LogP contribution < -0.4 is 4.72 Å². The van der Waals surface area contributed by atoms with Crippen LogP contribution in [0.2, 0.25) is 5.15 Å². The van der Waals surface area contributed by atoms with Crippen LogP contribution in [0, 0.1) is 0 Å². The number of nitrogens with one attached hydrogen (secondary N) is 1. The Balaban J connectivity index is 1.44. The molecular formula is C34H36ClN3O6S. The minimum Gasteiger partial charge on any atom is -0.444 e. The number of pyridine rings is 1. The van der Waals surface area contributed by atoms with Gasteiger partial charge in [0.15, 0.2) is 0 Å². The standard InChI is InChI=1S/C34H36ClN3O6S/c1-23(38(33(41)44-34(2,3)4)22-30(39)28-16-19-31(35)36-21-28)20-24-10-12-25(13-11-24)26-14-17-29(18-15-26)45(42,43)37-32(40)27-8-6-5-7-9-27/h5-19,21,23,30,39H,20,22H2,1-4H3,(H,37,40). The lowest BCUT2D eigenvalue weighted by Gasteiger charge is -2.33. The molecule has 236 valence electrons. The molecule has 0 aliphatic heterocycles. The molecule has 11 heteroatoms. The molecule has 4 rings (SSSR count). The van der Waals surface area contributed by atoms with Crippen molar-refractivity contribution >= 4 is 33.6 Å². The van der Waals surface area contributed by atoms with Crippen LogP contribution in [0.25, 0.3) is 11.1 Å². The molecule has 0 spiro atoms. The summed E-state index contributed by atoms with van der Waals surface area (Å²) in [6.45, 7) is 7.25. The summed E-state index contributed by atoms with van der Waals surface area (Å²) in [6, 6.07) is 25.0. The number of ether oxygens (including phenoxy) is 1. The van der Waals surface area contributed by atoms with Crippen LogP contribution in [-0.4, -0.2) is 53.6 Å². The second-order valence-corrected chi connectivity index (χ2v) is 13.7. The normalized spacial score (nSPS) is 13.0. The predicted molar refractivity (Wildman–Crippen MR) is 173 cm³/mol. The van der Waals surface area contributed by atoms with Gasteiger partial charge in [0, 0.05) is 23.4 Å². The van der Waals surface area contributed by atoms with Crippen molar-refractivity contribution < 1.29 is 27.9 Å². The third kappa shape index (κ3) is 9.37. The molecule has 0 aliphatic rings. The van der Waals surface area contributed by atoms with E-state index in [0.29, 0.717) is 17.1 Å². The van der Waals surface area contributed by atoms with Gasteiger partial charge < -0.3 is 14.7 Å². The number of aliphatic hydroxyl groups excluding tert-OH is 1. The molecule has 2 unspecified atom stereocenters. The Morgan fingerprint density at radius 1 is 0.933 bits per heavy atom. The predicted octanol–water partition coefficient (Wildman–Crippen LogP) is 6.42. The lowest BCUT2D eigenvalue weighted by atomic mass is 10.0. The molecule has 0 saturated carbocycles. The highest BCUT2D eigenvalue weighted by molar-refractivity contribution is 7.90. The van der Waals surface area contributed by atoms with Gasteiger partial charge in [-0.15, -0.1) is 0 Å². The lowest BCUT2D eigenvalue weighted by molar-refractivity contribution is 0.00543. The molecule has 9 nitrogen and oxygen atoms in total. The first-order chi connectivity index (χ1) is 21.2. The number of halogens is 1. The molecule has 2 atom stereocenters. The van der Waals surface area contributed by atoms with Crippen molar-refractivity contribution in [1.29, 1.82) is 0 Å². The molecule has 1 heterocycles. The molecule has 0 aliphatic carbocycles. The maximum Gasteiger partial charge on any atom is 0.410 e. The number of aromatic nitrogens is 1. The summed E-state index contributed by atoms with van der Waals surface area (Å²) < 4.78 is 33.3. The third-order valence-electron chi connectivity index (χ3n) is 6.91. The van der Waals surface area contributed by atoms with Gasteiger partial charge >= 0.3 is 6.09 Å². The molecule has 3 aromatic carbocycles. The summed E-state index contributed by atoms with van der Waals surface area (Å²) >= 11 is 5.88. The van der Waals surface area contributed by atoms with E-state index in [1.807, 2.05) is 31.2 Å². The van der Waals surface area contributed by atoms with Gasteiger partial charge in [0.1, 0.15) is 10.8 Å². The number of rotatable bonds is 10. The van der Waals surface area contributed by atoms with Crippen molar-refractivity contribution in [3.63, 3.8) is 0 Å². The molecule has 45 heavy (non-hydrogen) atoms. The largest absolute Gasteiger partial charge is 0.444 e. The zero-order valence-corrected chi connectivity index (χ0v) is 27.0. The number of sulfonamides is 1. The molecule has 1 aromatic heterocycles. The van der Waals surface area contributed by atoms with Crippen LogP contribution in [0.15, 0.2) is 102 Å². The van der Waals surface area contributed by atoms with Crippen LogP contribution >= 0.6 is 11.6 Å². The summed E-state index contributed by atoms with van der Waals surface area (Å²) in [5.74, 6) is -0.703. The molecule has 0 fully saturated rings. The minimum atomic E-state index is -4.05. The van der Waals surface area contributed by atoms with Gasteiger partial charge in [-0.2, -0.15) is 0 Å². The highest BCUT2D eigenvalue weighted by Gasteiger charge is 2.29. The highest BCUT2D eigenvalue weighted by Crippen LogP contribution is 2.24. The summed E-state index contributed by atoms with van der Waals surface area (Å²) in [7, 11) is -4.05. The van der Waals surface area contributed by atoms with Crippen LogP contribution in [0.4, 0.5) is 4.79 Å². The van der Waals surface area contributed by atoms with E-state index >= 15 is 0 Å².